The third kappa shape index (κ3) is 5.65. The smallest absolute Gasteiger partial charge is 0.387 e. The summed E-state index contributed by atoms with van der Waals surface area (Å²) in [4.78, 5) is 23.8. The van der Waals surface area contributed by atoms with Crippen molar-refractivity contribution < 1.29 is 22.7 Å². The highest BCUT2D eigenvalue weighted by Gasteiger charge is 2.55. The number of nitrogens with one attached hydrogen (secondary N) is 1. The van der Waals surface area contributed by atoms with E-state index in [9.17, 15) is 18.8 Å². The van der Waals surface area contributed by atoms with E-state index >= 15 is 4.39 Å². The number of hydrogen-bond acceptors (Lipinski definition) is 6. The Kier molecular flexibility index (Phi) is 8.69. The van der Waals surface area contributed by atoms with Crippen LogP contribution in [0.3, 0.4) is 0 Å². The van der Waals surface area contributed by atoms with Crippen LogP contribution in [0.15, 0.2) is 54.6 Å². The molecule has 2 aromatic heterocycles. The van der Waals surface area contributed by atoms with Crippen molar-refractivity contribution in [2.75, 3.05) is 24.5 Å². The summed E-state index contributed by atoms with van der Waals surface area (Å²) < 4.78 is 50.2. The highest BCUT2D eigenvalue weighted by Crippen LogP contribution is 2.54. The maximum atomic E-state index is 17.3. The van der Waals surface area contributed by atoms with Gasteiger partial charge in [0.05, 0.1) is 39.8 Å². The average Bonchev–Trinajstić information content (AvgIpc) is 3.46. The van der Waals surface area contributed by atoms with Crippen LogP contribution in [0.1, 0.15) is 61.1 Å². The van der Waals surface area contributed by atoms with E-state index in [1.807, 2.05) is 25.1 Å². The number of aryl methyl sites for hydroxylation is 2. The summed E-state index contributed by atoms with van der Waals surface area (Å²) in [6, 6.07) is 18.4. The van der Waals surface area contributed by atoms with E-state index in [-0.39, 0.29) is 64.6 Å². The molecule has 6 aliphatic rings. The van der Waals surface area contributed by atoms with Crippen LogP contribution in [0.25, 0.3) is 32.9 Å². The number of nitrogens with zero attached hydrogens (tertiary/aromatic N) is 5. The minimum absolute atomic E-state index is 0.00761. The molecule has 56 heavy (non-hydrogen) atoms. The number of likely N-dealkylation sites (tertiary alicyclic amines) is 1. The lowest BCUT2D eigenvalue weighted by atomic mass is 9.79. The van der Waals surface area contributed by atoms with Gasteiger partial charge in [0.1, 0.15) is 11.3 Å². The lowest BCUT2D eigenvalue weighted by molar-refractivity contribution is -0.135. The Labute approximate surface area is 332 Å². The molecule has 2 saturated carbocycles. The first-order chi connectivity index (χ1) is 27.1. The van der Waals surface area contributed by atoms with Crippen LogP contribution in [-0.2, 0) is 11.2 Å². The van der Waals surface area contributed by atoms with Gasteiger partial charge in [-0.2, -0.15) is 14.0 Å². The molecule has 11 rings (SSSR count). The monoisotopic (exact) mass is 798 g/mol. The third-order valence-electron chi connectivity index (χ3n) is 12.9. The summed E-state index contributed by atoms with van der Waals surface area (Å²) in [5.41, 5.74) is 5.17. The molecule has 1 amide bonds. The van der Waals surface area contributed by atoms with Gasteiger partial charge in [-0.05, 0) is 93.0 Å². The Morgan fingerprint density at radius 2 is 1.88 bits per heavy atom. The van der Waals surface area contributed by atoms with Gasteiger partial charge in [-0.1, -0.05) is 35.3 Å². The molecule has 8 nitrogen and oxygen atoms in total. The summed E-state index contributed by atoms with van der Waals surface area (Å²) in [7, 11) is 0. The lowest BCUT2D eigenvalue weighted by Crippen LogP contribution is -2.45. The molecule has 5 aromatic rings. The highest BCUT2D eigenvalue weighted by molar-refractivity contribution is 6.43. The average molecular weight is 800 g/mol. The number of amides is 1. The van der Waals surface area contributed by atoms with E-state index in [0.29, 0.717) is 58.2 Å². The van der Waals surface area contributed by atoms with Gasteiger partial charge in [0.2, 0.25) is 5.91 Å². The molecular weight excluding hydrogens is 760 g/mol. The molecule has 4 aliphatic heterocycles. The van der Waals surface area contributed by atoms with Crippen molar-refractivity contribution >= 4 is 56.6 Å². The number of carbonyl (C=O) groups is 1. The van der Waals surface area contributed by atoms with E-state index in [4.69, 9.17) is 28.2 Å². The number of anilines is 1. The number of halogens is 5. The number of nitriles is 1. The van der Waals surface area contributed by atoms with Gasteiger partial charge in [0.15, 0.2) is 5.82 Å². The zero-order chi connectivity index (χ0) is 38.6. The first-order valence-electron chi connectivity index (χ1n) is 19.4. The van der Waals surface area contributed by atoms with Crippen molar-refractivity contribution in [2.45, 2.75) is 76.2 Å². The van der Waals surface area contributed by atoms with Crippen LogP contribution >= 0.6 is 23.2 Å². The summed E-state index contributed by atoms with van der Waals surface area (Å²) >= 11 is 13.2. The Hall–Kier alpha value is -4.50. The first kappa shape index (κ1) is 35.9. The molecule has 6 atom stereocenters. The van der Waals surface area contributed by atoms with Crippen molar-refractivity contribution in [1.29, 1.82) is 5.26 Å². The largest absolute Gasteiger partial charge is 0.435 e. The maximum absolute atomic E-state index is 17.3. The maximum Gasteiger partial charge on any atom is 0.387 e. The standard InChI is InChI=1S/C43H39Cl2F3N6O2/c1-21-30-17-34(40-25-14-27(53(40)42(55)22-7-8-22)20-52(19-25)26-9-11-28(12-10-26)56-43(47)48)54(39-24-16-33(39)50-18-24)41(30)31-15-23(4-3-13-49)35(37(46)38(31)51-21)29-5-2-6-32(44)36(29)45/h2,5-6,9-12,15,17,22,24-25,27,33,39-40,43,50H,3-4,7-8,14,16,18-20H2,1H3. The van der Waals surface area contributed by atoms with Gasteiger partial charge in [0.25, 0.3) is 0 Å². The van der Waals surface area contributed by atoms with E-state index in [1.165, 1.54) is 0 Å². The molecule has 13 heteroatoms. The molecule has 3 aromatic carbocycles. The van der Waals surface area contributed by atoms with Gasteiger partial charge in [-0.25, -0.2) is 9.37 Å². The van der Waals surface area contributed by atoms with Crippen LogP contribution in [-0.4, -0.2) is 58.7 Å². The molecule has 1 N–H and O–H groups in total. The van der Waals surface area contributed by atoms with Crippen molar-refractivity contribution in [2.24, 2.45) is 17.8 Å². The second-order valence-corrected chi connectivity index (χ2v) is 17.0. The fraction of sp³-hybridized carbons (Fsp3) is 0.419. The van der Waals surface area contributed by atoms with Crippen LogP contribution in [0, 0.1) is 41.8 Å². The minimum Gasteiger partial charge on any atom is -0.435 e. The molecule has 2 aliphatic carbocycles. The van der Waals surface area contributed by atoms with Crippen molar-refractivity contribution in [3.8, 4) is 22.9 Å². The number of alkyl halides is 2. The molecule has 6 heterocycles. The van der Waals surface area contributed by atoms with Gasteiger partial charge >= 0.3 is 6.61 Å². The second-order valence-electron chi connectivity index (χ2n) is 16.2. The van der Waals surface area contributed by atoms with E-state index in [2.05, 4.69) is 36.6 Å². The SMILES string of the molecule is Cc1nc2c(F)c(-c3cccc(Cl)c3Cl)c(CCC#N)cc2c2c1cc(C1C3CC(CN(c4ccc(OC(F)F)cc4)C3)N1C(=O)C1CC1)n2C1C2CNC1C2. The third-order valence-corrected chi connectivity index (χ3v) is 13.8. The molecule has 6 unspecified atom stereocenters. The lowest BCUT2D eigenvalue weighted by Gasteiger charge is -2.40. The minimum atomic E-state index is -2.90. The van der Waals surface area contributed by atoms with Crippen LogP contribution in [0.5, 0.6) is 5.75 Å². The number of aromatic nitrogens is 2. The summed E-state index contributed by atoms with van der Waals surface area (Å²) in [6.07, 6.45) is 4.15. The number of hydrogen-bond donors (Lipinski definition) is 1. The van der Waals surface area contributed by atoms with Crippen LogP contribution < -0.4 is 15.0 Å². The zero-order valence-corrected chi connectivity index (χ0v) is 32.1. The Morgan fingerprint density at radius 3 is 2.57 bits per heavy atom. The van der Waals surface area contributed by atoms with Gasteiger partial charge < -0.3 is 24.4 Å². The van der Waals surface area contributed by atoms with Gasteiger partial charge in [0, 0.05) is 82.9 Å². The van der Waals surface area contributed by atoms with E-state index in [0.717, 1.165) is 54.5 Å². The van der Waals surface area contributed by atoms with E-state index < -0.39 is 12.4 Å². The summed E-state index contributed by atoms with van der Waals surface area (Å²) in [6.45, 7) is 1.21. The van der Waals surface area contributed by atoms with Gasteiger partial charge in [-0.15, -0.1) is 0 Å². The number of rotatable bonds is 9. The fourth-order valence-corrected chi connectivity index (χ4v) is 10.8. The zero-order valence-electron chi connectivity index (χ0n) is 30.6. The first-order valence-corrected chi connectivity index (χ1v) is 20.2. The molecule has 0 spiro atoms. The summed E-state index contributed by atoms with van der Waals surface area (Å²) in [5.74, 6) is 0.255. The molecule has 4 saturated heterocycles. The van der Waals surface area contributed by atoms with Crippen molar-refractivity contribution in [3.63, 3.8) is 0 Å². The summed E-state index contributed by atoms with van der Waals surface area (Å²) in [5, 5.41) is 15.5. The topological polar surface area (TPSA) is 86.4 Å². The normalized spacial score (nSPS) is 25.3. The molecule has 6 fully saturated rings. The number of fused-ring (bicyclic) bond motifs is 6. The molecule has 4 bridgehead atoms. The Balaban J connectivity index is 1.17. The number of benzene rings is 3. The van der Waals surface area contributed by atoms with Crippen molar-refractivity contribution in [3.05, 3.63) is 87.4 Å². The van der Waals surface area contributed by atoms with Crippen LogP contribution in [0.4, 0.5) is 18.9 Å². The van der Waals surface area contributed by atoms with Crippen LogP contribution in [0.2, 0.25) is 10.0 Å². The Morgan fingerprint density at radius 1 is 1.07 bits per heavy atom. The van der Waals surface area contributed by atoms with Gasteiger partial charge in [-0.3, -0.25) is 4.79 Å². The number of ether oxygens (including phenoxy) is 1. The highest BCUT2D eigenvalue weighted by atomic mass is 35.5. The number of piperidine rings is 1. The molecular formula is C43H39Cl2F3N6O2. The Bertz CT molecular complexity index is 2450. The predicted octanol–water partition coefficient (Wildman–Crippen LogP) is 9.39. The quantitative estimate of drug-likeness (QED) is 0.160. The van der Waals surface area contributed by atoms with Crippen molar-refractivity contribution in [1.82, 2.24) is 19.8 Å². The fourth-order valence-electron chi connectivity index (χ4n) is 10.4. The number of carbonyl (C=O) groups excluding carboxylic acids is 1. The number of pyridine rings is 1. The second kappa shape index (κ2) is 13.6. The molecule has 0 radical (unpaired) electrons. The van der Waals surface area contributed by atoms with E-state index in [1.54, 1.807) is 30.3 Å². The predicted molar refractivity (Wildman–Crippen MR) is 210 cm³/mol. The molecule has 288 valence electrons.